The molecule has 0 atom stereocenters. The largest absolute Gasteiger partial charge is 0.289 e. The van der Waals surface area contributed by atoms with Crippen LogP contribution in [0.15, 0.2) is 40.2 Å². The predicted molar refractivity (Wildman–Crippen MR) is 79.0 cm³/mol. The van der Waals surface area contributed by atoms with Gasteiger partial charge in [0.05, 0.1) is 12.6 Å². The first-order chi connectivity index (χ1) is 9.71. The van der Waals surface area contributed by atoms with Crippen molar-refractivity contribution < 1.29 is 4.79 Å². The van der Waals surface area contributed by atoms with Crippen molar-refractivity contribution in [2.75, 3.05) is 0 Å². The Morgan fingerprint density at radius 1 is 1.35 bits per heavy atom. The molecule has 1 heterocycles. The first-order valence-electron chi connectivity index (χ1n) is 5.94. The van der Waals surface area contributed by atoms with Crippen LogP contribution in [0, 0.1) is 17.9 Å². The van der Waals surface area contributed by atoms with Crippen molar-refractivity contribution in [1.29, 1.82) is 5.26 Å². The van der Waals surface area contributed by atoms with Crippen molar-refractivity contribution in [3.05, 3.63) is 62.8 Å². The Balaban J connectivity index is 2.45. The lowest BCUT2D eigenvalue weighted by atomic mass is 10.0. The number of ketones is 1. The highest BCUT2D eigenvalue weighted by molar-refractivity contribution is 7.09. The smallest absolute Gasteiger partial charge is 0.270 e. The number of carbonyl (C=O) groups is 1. The quantitative estimate of drug-likeness (QED) is 0.411. The first kappa shape index (κ1) is 12.3. The summed E-state index contributed by atoms with van der Waals surface area (Å²) < 4.78 is 0. The number of nitriles is 1. The van der Waals surface area contributed by atoms with E-state index in [0.29, 0.717) is 22.3 Å². The molecule has 1 aromatic carbocycles. The van der Waals surface area contributed by atoms with Crippen LogP contribution in [0.1, 0.15) is 22.8 Å². The van der Waals surface area contributed by atoms with Crippen molar-refractivity contribution in [2.24, 2.45) is 0 Å². The molecule has 0 saturated carbocycles. The normalized spacial score (nSPS) is 17.9. The van der Waals surface area contributed by atoms with Crippen LogP contribution in [0.5, 0.6) is 0 Å². The standard InChI is InChI=1S/C16H8N2OS/c1-3-11-15(14(6-17)18-2)12-4-9-7-20-8-10(9)5-13(12)16(11)19/h3-5,7-8H,1H3/b11-3-,15-14+. The van der Waals surface area contributed by atoms with E-state index in [-0.39, 0.29) is 11.5 Å². The molecule has 0 saturated heterocycles. The SMILES string of the molecule is [C-]#[N+]/C(C#N)=C1\C(=C\C)C(=O)c2cc3cscc3cc21. The Hall–Kier alpha value is -2.69. The Bertz CT molecular complexity index is 885. The molecule has 0 N–H and O–H groups in total. The Kier molecular flexibility index (Phi) is 2.75. The summed E-state index contributed by atoms with van der Waals surface area (Å²) in [5.41, 5.74) is 2.17. The second kappa shape index (κ2) is 4.45. The van der Waals surface area contributed by atoms with Crippen LogP contribution in [0.4, 0.5) is 0 Å². The van der Waals surface area contributed by atoms with Gasteiger partial charge in [0.25, 0.3) is 5.70 Å². The number of hydrogen-bond donors (Lipinski definition) is 0. The van der Waals surface area contributed by atoms with Crippen LogP contribution in [-0.2, 0) is 0 Å². The maximum atomic E-state index is 12.4. The molecule has 3 rings (SSSR count). The number of benzene rings is 1. The highest BCUT2D eigenvalue weighted by atomic mass is 32.1. The zero-order valence-corrected chi connectivity index (χ0v) is 11.4. The van der Waals surface area contributed by atoms with E-state index in [1.165, 1.54) is 0 Å². The van der Waals surface area contributed by atoms with E-state index in [1.54, 1.807) is 24.3 Å². The molecule has 3 nitrogen and oxygen atoms in total. The van der Waals surface area contributed by atoms with E-state index in [4.69, 9.17) is 11.8 Å². The van der Waals surface area contributed by atoms with Crippen molar-refractivity contribution in [3.63, 3.8) is 0 Å². The second-order valence-corrected chi connectivity index (χ2v) is 5.12. The molecule has 0 spiro atoms. The molecule has 20 heavy (non-hydrogen) atoms. The number of nitrogens with zero attached hydrogens (tertiary/aromatic N) is 2. The molecule has 0 amide bonds. The fourth-order valence-electron chi connectivity index (χ4n) is 2.48. The van der Waals surface area contributed by atoms with Crippen LogP contribution in [0.2, 0.25) is 0 Å². The van der Waals surface area contributed by atoms with E-state index >= 15 is 0 Å². The number of Topliss-reactive ketones (excluding diaryl/α,β-unsaturated/α-hetero) is 1. The van der Waals surface area contributed by atoms with Gasteiger partial charge in [0.1, 0.15) is 0 Å². The summed E-state index contributed by atoms with van der Waals surface area (Å²) in [6, 6.07) is 5.64. The first-order valence-corrected chi connectivity index (χ1v) is 6.89. The fourth-order valence-corrected chi connectivity index (χ4v) is 3.25. The molecule has 0 fully saturated rings. The number of thiophene rings is 1. The summed E-state index contributed by atoms with van der Waals surface area (Å²) in [6.45, 7) is 8.89. The third-order valence-electron chi connectivity index (χ3n) is 3.38. The minimum absolute atomic E-state index is 0.0280. The number of fused-ring (bicyclic) bond motifs is 2. The molecular formula is C16H8N2OS. The molecule has 0 bridgehead atoms. The minimum Gasteiger partial charge on any atom is -0.289 e. The number of carbonyl (C=O) groups excluding carboxylic acids is 1. The van der Waals surface area contributed by atoms with Gasteiger partial charge in [-0.25, -0.2) is 10.1 Å². The van der Waals surface area contributed by atoms with Gasteiger partial charge < -0.3 is 0 Å². The van der Waals surface area contributed by atoms with Gasteiger partial charge in [-0.05, 0) is 46.2 Å². The maximum absolute atomic E-state index is 12.4. The van der Waals surface area contributed by atoms with Gasteiger partial charge in [-0.2, -0.15) is 11.3 Å². The van der Waals surface area contributed by atoms with Gasteiger partial charge in [0, 0.05) is 16.7 Å². The molecule has 1 aliphatic carbocycles. The molecule has 0 aliphatic heterocycles. The van der Waals surface area contributed by atoms with Crippen LogP contribution < -0.4 is 0 Å². The van der Waals surface area contributed by atoms with E-state index in [1.807, 2.05) is 29.0 Å². The molecule has 4 heteroatoms. The third-order valence-corrected chi connectivity index (χ3v) is 4.16. The highest BCUT2D eigenvalue weighted by Crippen LogP contribution is 2.41. The average molecular weight is 276 g/mol. The van der Waals surface area contributed by atoms with Crippen molar-refractivity contribution in [1.82, 2.24) is 0 Å². The van der Waals surface area contributed by atoms with Crippen molar-refractivity contribution >= 4 is 33.5 Å². The topological polar surface area (TPSA) is 45.2 Å². The summed E-state index contributed by atoms with van der Waals surface area (Å²) in [4.78, 5) is 15.7. The van der Waals surface area contributed by atoms with Gasteiger partial charge in [-0.1, -0.05) is 6.08 Å². The van der Waals surface area contributed by atoms with Crippen molar-refractivity contribution in [2.45, 2.75) is 6.92 Å². The van der Waals surface area contributed by atoms with E-state index in [0.717, 1.165) is 10.8 Å². The van der Waals surface area contributed by atoms with Crippen LogP contribution >= 0.6 is 11.3 Å². The summed E-state index contributed by atoms with van der Waals surface area (Å²) in [7, 11) is 0. The van der Waals surface area contributed by atoms with Crippen LogP contribution in [0.3, 0.4) is 0 Å². The Morgan fingerprint density at radius 3 is 2.55 bits per heavy atom. The highest BCUT2D eigenvalue weighted by Gasteiger charge is 2.32. The molecule has 0 radical (unpaired) electrons. The van der Waals surface area contributed by atoms with Gasteiger partial charge >= 0.3 is 0 Å². The predicted octanol–water partition coefficient (Wildman–Crippen LogP) is 4.20. The third kappa shape index (κ3) is 1.53. The number of allylic oxidation sites excluding steroid dienone is 4. The molecule has 1 aliphatic rings. The Morgan fingerprint density at radius 2 is 2.00 bits per heavy atom. The van der Waals surface area contributed by atoms with E-state index in [9.17, 15) is 4.79 Å². The molecule has 94 valence electrons. The van der Waals surface area contributed by atoms with Crippen molar-refractivity contribution in [3.8, 4) is 6.07 Å². The molecule has 1 aromatic heterocycles. The van der Waals surface area contributed by atoms with E-state index in [2.05, 4.69) is 4.85 Å². The van der Waals surface area contributed by atoms with Crippen LogP contribution in [0.25, 0.3) is 21.2 Å². The van der Waals surface area contributed by atoms with Gasteiger partial charge in [-0.15, -0.1) is 0 Å². The van der Waals surface area contributed by atoms with Gasteiger partial charge in [-0.3, -0.25) is 4.79 Å². The zero-order valence-electron chi connectivity index (χ0n) is 10.6. The molecular weight excluding hydrogens is 268 g/mol. The molecule has 0 unspecified atom stereocenters. The lowest BCUT2D eigenvalue weighted by Crippen LogP contribution is -1.94. The number of rotatable bonds is 0. The summed E-state index contributed by atoms with van der Waals surface area (Å²) in [5.74, 6) is -0.109. The Labute approximate surface area is 119 Å². The zero-order chi connectivity index (χ0) is 14.3. The lowest BCUT2D eigenvalue weighted by Gasteiger charge is -2.01. The number of hydrogen-bond acceptors (Lipinski definition) is 3. The molecule has 2 aromatic rings. The van der Waals surface area contributed by atoms with Crippen LogP contribution in [-0.4, -0.2) is 5.78 Å². The van der Waals surface area contributed by atoms with Gasteiger partial charge in [0.2, 0.25) is 0 Å². The monoisotopic (exact) mass is 276 g/mol. The summed E-state index contributed by atoms with van der Waals surface area (Å²) >= 11 is 1.57. The fraction of sp³-hybridized carbons (Fsp3) is 0.0625. The minimum atomic E-state index is -0.109. The maximum Gasteiger partial charge on any atom is 0.270 e. The summed E-state index contributed by atoms with van der Waals surface area (Å²) in [6.07, 6.45) is 1.67. The average Bonchev–Trinajstić information content (AvgIpc) is 3.02. The second-order valence-electron chi connectivity index (χ2n) is 4.38. The van der Waals surface area contributed by atoms with Gasteiger partial charge in [0.15, 0.2) is 5.78 Å². The summed E-state index contributed by atoms with van der Waals surface area (Å²) in [5, 5.41) is 15.1. The van der Waals surface area contributed by atoms with E-state index < -0.39 is 0 Å². The lowest BCUT2D eigenvalue weighted by molar-refractivity contribution is 0.104.